The second kappa shape index (κ2) is 8.06. The summed E-state index contributed by atoms with van der Waals surface area (Å²) in [7, 11) is 1.46. The molecule has 1 fully saturated rings. The van der Waals surface area contributed by atoms with Gasteiger partial charge >= 0.3 is 0 Å². The van der Waals surface area contributed by atoms with Crippen LogP contribution in [-0.2, 0) is 0 Å². The minimum Gasteiger partial charge on any atom is -0.497 e. The van der Waals surface area contributed by atoms with Crippen molar-refractivity contribution in [3.8, 4) is 17.0 Å². The summed E-state index contributed by atoms with van der Waals surface area (Å²) in [6, 6.07) is 10.7. The van der Waals surface area contributed by atoms with Crippen molar-refractivity contribution in [2.24, 2.45) is 0 Å². The van der Waals surface area contributed by atoms with Gasteiger partial charge in [0.25, 0.3) is 0 Å². The van der Waals surface area contributed by atoms with Gasteiger partial charge in [-0.15, -0.1) is 0 Å². The van der Waals surface area contributed by atoms with E-state index in [9.17, 15) is 14.3 Å². The Morgan fingerprint density at radius 2 is 2.14 bits per heavy atom. The second-order valence-electron chi connectivity index (χ2n) is 7.07. The van der Waals surface area contributed by atoms with Crippen LogP contribution in [0.5, 0.6) is 5.75 Å². The minimum atomic E-state index is -1.20. The van der Waals surface area contributed by atoms with E-state index in [0.29, 0.717) is 27.4 Å². The van der Waals surface area contributed by atoms with Crippen molar-refractivity contribution in [3.63, 3.8) is 0 Å². The highest BCUT2D eigenvalue weighted by Gasteiger charge is 2.30. The van der Waals surface area contributed by atoms with Crippen LogP contribution in [-0.4, -0.2) is 41.7 Å². The lowest BCUT2D eigenvalue weighted by Crippen LogP contribution is -2.40. The quantitative estimate of drug-likeness (QED) is 0.617. The number of rotatable bonds is 5. The van der Waals surface area contributed by atoms with E-state index in [0.717, 1.165) is 19.4 Å². The van der Waals surface area contributed by atoms with Crippen LogP contribution < -0.4 is 10.1 Å². The van der Waals surface area contributed by atoms with E-state index in [1.807, 2.05) is 0 Å². The van der Waals surface area contributed by atoms with Crippen molar-refractivity contribution >= 4 is 28.3 Å². The molecule has 0 bridgehead atoms. The second-order valence-corrected chi connectivity index (χ2v) is 7.51. The average Bonchev–Trinajstić information content (AvgIpc) is 3.26. The van der Waals surface area contributed by atoms with Crippen molar-refractivity contribution < 1.29 is 19.0 Å². The summed E-state index contributed by atoms with van der Waals surface area (Å²) in [5, 5.41) is 14.8. The number of halogens is 2. The molecule has 29 heavy (non-hydrogen) atoms. The summed E-state index contributed by atoms with van der Waals surface area (Å²) in [5.41, 5.74) is 1.31. The Bertz CT molecular complexity index is 1080. The molecule has 1 aromatic heterocycles. The largest absolute Gasteiger partial charge is 0.497 e. The molecular weight excluding hydrogens is 395 g/mol. The van der Waals surface area contributed by atoms with Gasteiger partial charge in [0.2, 0.25) is 0 Å². The number of hydrogen-bond acceptors (Lipinski definition) is 5. The Hall–Kier alpha value is -2.54. The van der Waals surface area contributed by atoms with Crippen LogP contribution in [0.1, 0.15) is 23.2 Å². The number of nitrogens with zero attached hydrogens (tertiary/aromatic N) is 1. The van der Waals surface area contributed by atoms with E-state index < -0.39 is 17.7 Å². The topological polar surface area (TPSA) is 71.5 Å². The molecule has 0 amide bonds. The van der Waals surface area contributed by atoms with Gasteiger partial charge in [0, 0.05) is 33.6 Å². The van der Waals surface area contributed by atoms with E-state index >= 15 is 0 Å². The Labute approximate surface area is 172 Å². The van der Waals surface area contributed by atoms with Gasteiger partial charge < -0.3 is 15.2 Å². The molecule has 2 aromatic carbocycles. The molecule has 3 aromatic rings. The van der Waals surface area contributed by atoms with Crippen LogP contribution in [0, 0.1) is 5.82 Å². The third-order valence-corrected chi connectivity index (χ3v) is 5.47. The number of methoxy groups -OCH3 is 1. The van der Waals surface area contributed by atoms with E-state index in [1.54, 1.807) is 30.3 Å². The molecule has 5 nitrogen and oxygen atoms in total. The Kier molecular flexibility index (Phi) is 5.50. The van der Waals surface area contributed by atoms with Crippen LogP contribution in [0.25, 0.3) is 22.2 Å². The SMILES string of the molecule is COc1ccc(-c2cc(C(=O)C(O)C3CCCN3)c3cc(Cl)ccc3n2)c(F)c1. The molecule has 150 valence electrons. The lowest BCUT2D eigenvalue weighted by atomic mass is 9.95. The van der Waals surface area contributed by atoms with E-state index in [4.69, 9.17) is 16.3 Å². The molecule has 7 heteroatoms. The summed E-state index contributed by atoms with van der Waals surface area (Å²) in [6.45, 7) is 0.764. The monoisotopic (exact) mass is 414 g/mol. The highest BCUT2D eigenvalue weighted by Crippen LogP contribution is 2.31. The minimum absolute atomic E-state index is 0.241. The number of hydrogen-bond donors (Lipinski definition) is 2. The third kappa shape index (κ3) is 3.83. The summed E-state index contributed by atoms with van der Waals surface area (Å²) < 4.78 is 19.7. The van der Waals surface area contributed by atoms with Gasteiger partial charge in [0.1, 0.15) is 17.7 Å². The van der Waals surface area contributed by atoms with Gasteiger partial charge in [-0.1, -0.05) is 11.6 Å². The van der Waals surface area contributed by atoms with E-state index in [2.05, 4.69) is 10.3 Å². The maximum atomic E-state index is 14.6. The highest BCUT2D eigenvalue weighted by molar-refractivity contribution is 6.31. The zero-order valence-electron chi connectivity index (χ0n) is 15.8. The first-order chi connectivity index (χ1) is 14.0. The summed E-state index contributed by atoms with van der Waals surface area (Å²) >= 11 is 6.13. The number of fused-ring (bicyclic) bond motifs is 1. The summed E-state index contributed by atoms with van der Waals surface area (Å²) in [6.07, 6.45) is 0.423. The number of nitrogens with one attached hydrogen (secondary N) is 1. The molecule has 2 heterocycles. The predicted octanol–water partition coefficient (Wildman–Crippen LogP) is 4.00. The number of aliphatic hydroxyl groups is 1. The Balaban J connectivity index is 1.85. The van der Waals surface area contributed by atoms with Crippen LogP contribution in [0.2, 0.25) is 5.02 Å². The highest BCUT2D eigenvalue weighted by atomic mass is 35.5. The molecule has 0 radical (unpaired) electrons. The van der Waals surface area contributed by atoms with Crippen molar-refractivity contribution in [1.82, 2.24) is 10.3 Å². The molecule has 1 saturated heterocycles. The molecule has 0 spiro atoms. The number of Topliss-reactive ketones (excluding diaryl/α,β-unsaturated/α-hetero) is 1. The van der Waals surface area contributed by atoms with Crippen molar-refractivity contribution in [1.29, 1.82) is 0 Å². The third-order valence-electron chi connectivity index (χ3n) is 5.24. The zero-order chi connectivity index (χ0) is 20.5. The van der Waals surface area contributed by atoms with Crippen LogP contribution in [0.15, 0.2) is 42.5 Å². The molecular formula is C22H20ClFN2O3. The summed E-state index contributed by atoms with van der Waals surface area (Å²) in [4.78, 5) is 17.7. The van der Waals surface area contributed by atoms with Crippen LogP contribution >= 0.6 is 11.6 Å². The fraction of sp³-hybridized carbons (Fsp3) is 0.273. The molecule has 2 unspecified atom stereocenters. The molecule has 2 N–H and O–H groups in total. The lowest BCUT2D eigenvalue weighted by molar-refractivity contribution is 0.0678. The fourth-order valence-electron chi connectivity index (χ4n) is 3.69. The van der Waals surface area contributed by atoms with Gasteiger partial charge in [-0.25, -0.2) is 9.37 Å². The van der Waals surface area contributed by atoms with Crippen molar-refractivity contribution in [2.75, 3.05) is 13.7 Å². The standard InChI is InChI=1S/C22H20ClFN2O3/c1-29-13-5-6-14(17(24)10-13)20-11-16(15-9-12(23)4-7-18(15)26-20)21(27)22(28)19-3-2-8-25-19/h4-7,9-11,19,22,25,28H,2-3,8H2,1H3. The first-order valence-electron chi connectivity index (χ1n) is 9.38. The number of pyridine rings is 1. The molecule has 0 saturated carbocycles. The van der Waals surface area contributed by atoms with Crippen LogP contribution in [0.4, 0.5) is 4.39 Å². The smallest absolute Gasteiger partial charge is 0.193 e. The molecule has 4 rings (SSSR count). The first-order valence-corrected chi connectivity index (χ1v) is 9.75. The van der Waals surface area contributed by atoms with Crippen molar-refractivity contribution in [2.45, 2.75) is 25.0 Å². The number of carbonyl (C=O) groups excluding carboxylic acids is 1. The Morgan fingerprint density at radius 3 is 2.83 bits per heavy atom. The van der Waals surface area contributed by atoms with Gasteiger partial charge in [0.05, 0.1) is 18.3 Å². The molecule has 1 aliphatic rings. The van der Waals surface area contributed by atoms with E-state index in [1.165, 1.54) is 19.2 Å². The Morgan fingerprint density at radius 1 is 1.31 bits per heavy atom. The van der Waals surface area contributed by atoms with E-state index in [-0.39, 0.29) is 17.2 Å². The summed E-state index contributed by atoms with van der Waals surface area (Å²) in [5.74, 6) is -0.561. The van der Waals surface area contributed by atoms with Crippen LogP contribution in [0.3, 0.4) is 0 Å². The van der Waals surface area contributed by atoms with Gasteiger partial charge in [-0.3, -0.25) is 4.79 Å². The number of ketones is 1. The maximum absolute atomic E-state index is 14.6. The fourth-order valence-corrected chi connectivity index (χ4v) is 3.87. The van der Waals surface area contributed by atoms with Gasteiger partial charge in [0.15, 0.2) is 5.78 Å². The number of ether oxygens (including phenoxy) is 1. The van der Waals surface area contributed by atoms with Gasteiger partial charge in [-0.2, -0.15) is 0 Å². The molecule has 1 aliphatic heterocycles. The normalized spacial score (nSPS) is 17.4. The number of aromatic nitrogens is 1. The number of carbonyl (C=O) groups is 1. The van der Waals surface area contributed by atoms with Gasteiger partial charge in [-0.05, 0) is 55.8 Å². The first kappa shape index (κ1) is 19.8. The average molecular weight is 415 g/mol. The predicted molar refractivity (Wildman–Crippen MR) is 110 cm³/mol. The maximum Gasteiger partial charge on any atom is 0.193 e. The number of aliphatic hydroxyl groups excluding tert-OH is 1. The molecule has 2 atom stereocenters. The van der Waals surface area contributed by atoms with Crippen molar-refractivity contribution in [3.05, 3.63) is 58.9 Å². The molecule has 0 aliphatic carbocycles. The zero-order valence-corrected chi connectivity index (χ0v) is 16.5. The number of benzene rings is 2. The lowest BCUT2D eigenvalue weighted by Gasteiger charge is -2.18.